The number of hydrogen-bond donors (Lipinski definition) is 1. The van der Waals surface area contributed by atoms with Crippen molar-refractivity contribution in [2.45, 2.75) is 6.92 Å². The van der Waals surface area contributed by atoms with Crippen LogP contribution in [0.5, 0.6) is 0 Å². The van der Waals surface area contributed by atoms with Gasteiger partial charge in [0.25, 0.3) is 0 Å². The topological polar surface area (TPSA) is 66.0 Å². The molecule has 0 spiro atoms. The van der Waals surface area contributed by atoms with E-state index in [-0.39, 0.29) is 5.56 Å². The first-order valence-corrected chi connectivity index (χ1v) is 4.13. The summed E-state index contributed by atoms with van der Waals surface area (Å²) in [5.74, 6) is -0.753. The molecule has 1 aromatic carbocycles. The van der Waals surface area contributed by atoms with Crippen LogP contribution in [0.25, 0.3) is 0 Å². The number of hydrogen-bond acceptors (Lipinski definition) is 2. The normalized spacial score (nSPS) is 9.83. The zero-order valence-electron chi connectivity index (χ0n) is 6.52. The first kappa shape index (κ1) is 9.06. The Morgan fingerprint density at radius 3 is 2.67 bits per heavy atom. The van der Waals surface area contributed by atoms with E-state index in [4.69, 9.17) is 10.8 Å². The van der Waals surface area contributed by atoms with E-state index in [9.17, 15) is 4.79 Å². The molecule has 64 valence electrons. The third-order valence-electron chi connectivity index (χ3n) is 1.60. The summed E-state index contributed by atoms with van der Waals surface area (Å²) in [7, 11) is 0. The lowest BCUT2D eigenvalue weighted by atomic mass is 10.1. The summed E-state index contributed by atoms with van der Waals surface area (Å²) in [5.41, 5.74) is 7.04. The van der Waals surface area contributed by atoms with E-state index < -0.39 is 5.97 Å². The van der Waals surface area contributed by atoms with Crippen LogP contribution in [0.4, 0.5) is 5.69 Å². The van der Waals surface area contributed by atoms with Crippen LogP contribution in [0.3, 0.4) is 0 Å². The SMILES string of the molecule is Cc1cc(Br)cc(C(=O)[OH2+])c1N. The molecule has 12 heavy (non-hydrogen) atoms. The average Bonchev–Trinajstić information content (AvgIpc) is 1.96. The summed E-state index contributed by atoms with van der Waals surface area (Å²) >= 11 is 3.22. The average molecular weight is 231 g/mol. The number of halogens is 1. The van der Waals surface area contributed by atoms with Crippen molar-refractivity contribution in [3.05, 3.63) is 27.7 Å². The van der Waals surface area contributed by atoms with Crippen LogP contribution in [-0.4, -0.2) is 11.1 Å². The standard InChI is InChI=1S/C8H8BrNO2/c1-4-2-5(9)3-6(7(4)10)8(11)12/h2-3H,10H2,1H3,(H,11,12)/p+1. The summed E-state index contributed by atoms with van der Waals surface area (Å²) in [5, 5.41) is 6.91. The Hall–Kier alpha value is -1.03. The van der Waals surface area contributed by atoms with Crippen molar-refractivity contribution in [1.82, 2.24) is 0 Å². The number of aryl methyl sites for hydroxylation is 1. The number of nitrogens with two attached hydrogens (primary N) is 1. The summed E-state index contributed by atoms with van der Waals surface area (Å²) in [6.45, 7) is 1.80. The highest BCUT2D eigenvalue weighted by molar-refractivity contribution is 9.10. The van der Waals surface area contributed by atoms with E-state index in [0.29, 0.717) is 5.69 Å². The van der Waals surface area contributed by atoms with E-state index >= 15 is 0 Å². The number of benzene rings is 1. The molecule has 0 amide bonds. The van der Waals surface area contributed by atoms with Gasteiger partial charge in [0.2, 0.25) is 0 Å². The van der Waals surface area contributed by atoms with Crippen molar-refractivity contribution < 1.29 is 9.90 Å². The lowest BCUT2D eigenvalue weighted by molar-refractivity contribution is 0.0698. The predicted molar refractivity (Wildman–Crippen MR) is 51.2 cm³/mol. The molecule has 0 unspecified atom stereocenters. The fourth-order valence-corrected chi connectivity index (χ4v) is 1.51. The summed E-state index contributed by atoms with van der Waals surface area (Å²) in [6.07, 6.45) is 0. The maximum absolute atomic E-state index is 10.7. The fraction of sp³-hybridized carbons (Fsp3) is 0.125. The summed E-state index contributed by atoms with van der Waals surface area (Å²) < 4.78 is 0.768. The molecule has 0 aliphatic rings. The molecule has 4 heteroatoms. The van der Waals surface area contributed by atoms with Gasteiger partial charge in [-0.25, -0.2) is 0 Å². The molecule has 0 bridgehead atoms. The number of rotatable bonds is 1. The van der Waals surface area contributed by atoms with Crippen LogP contribution >= 0.6 is 15.9 Å². The zero-order chi connectivity index (χ0) is 9.30. The molecule has 0 aliphatic carbocycles. The second kappa shape index (κ2) is 3.15. The Balaban J connectivity index is 3.37. The number of nitrogen functional groups attached to an aromatic ring is 1. The monoisotopic (exact) mass is 230 g/mol. The lowest BCUT2D eigenvalue weighted by Crippen LogP contribution is -2.03. The highest BCUT2D eigenvalue weighted by Crippen LogP contribution is 2.22. The van der Waals surface area contributed by atoms with Crippen LogP contribution in [0.1, 0.15) is 15.9 Å². The van der Waals surface area contributed by atoms with Gasteiger partial charge in [-0.1, -0.05) is 15.9 Å². The molecule has 0 heterocycles. The number of carbonyl (C=O) groups is 1. The Bertz CT molecular complexity index is 336. The van der Waals surface area contributed by atoms with Gasteiger partial charge in [-0.15, -0.1) is 0 Å². The van der Waals surface area contributed by atoms with E-state index in [1.165, 1.54) is 0 Å². The summed E-state index contributed by atoms with van der Waals surface area (Å²) in [6, 6.07) is 3.36. The molecular formula is C8H9BrNO2+. The second-order valence-corrected chi connectivity index (χ2v) is 3.43. The van der Waals surface area contributed by atoms with Crippen LogP contribution in [-0.2, 0) is 0 Å². The maximum Gasteiger partial charge on any atom is 0.551 e. The Labute approximate surface area is 78.3 Å². The van der Waals surface area contributed by atoms with E-state index in [0.717, 1.165) is 10.0 Å². The quantitative estimate of drug-likeness (QED) is 0.583. The molecule has 0 saturated carbocycles. The first-order valence-electron chi connectivity index (χ1n) is 3.34. The zero-order valence-corrected chi connectivity index (χ0v) is 8.10. The fourth-order valence-electron chi connectivity index (χ4n) is 0.942. The van der Waals surface area contributed by atoms with Gasteiger partial charge in [-0.3, -0.25) is 0 Å². The minimum absolute atomic E-state index is 0.252. The van der Waals surface area contributed by atoms with E-state index in [1.54, 1.807) is 13.0 Å². The van der Waals surface area contributed by atoms with Crippen LogP contribution in [0, 0.1) is 6.92 Å². The van der Waals surface area contributed by atoms with Gasteiger partial charge in [-0.2, -0.15) is 0 Å². The second-order valence-electron chi connectivity index (χ2n) is 2.51. The molecule has 0 saturated heterocycles. The minimum atomic E-state index is -0.753. The molecule has 4 N–H and O–H groups in total. The van der Waals surface area contributed by atoms with Crippen molar-refractivity contribution in [1.29, 1.82) is 0 Å². The van der Waals surface area contributed by atoms with Gasteiger partial charge in [0.1, 0.15) is 5.56 Å². The van der Waals surface area contributed by atoms with Crippen molar-refractivity contribution >= 4 is 27.6 Å². The molecule has 1 aromatic rings. The Morgan fingerprint density at radius 2 is 2.17 bits per heavy atom. The molecule has 0 aromatic heterocycles. The molecule has 0 atom stereocenters. The maximum atomic E-state index is 10.7. The Morgan fingerprint density at radius 1 is 1.58 bits per heavy atom. The van der Waals surface area contributed by atoms with Gasteiger partial charge in [0, 0.05) is 9.27 Å². The highest BCUT2D eigenvalue weighted by atomic mass is 79.9. The molecule has 1 rings (SSSR count). The molecule has 0 radical (unpaired) electrons. The van der Waals surface area contributed by atoms with Gasteiger partial charge in [0.15, 0.2) is 0 Å². The van der Waals surface area contributed by atoms with E-state index in [2.05, 4.69) is 15.9 Å². The van der Waals surface area contributed by atoms with Crippen molar-refractivity contribution in [2.24, 2.45) is 0 Å². The van der Waals surface area contributed by atoms with Crippen LogP contribution in [0.15, 0.2) is 16.6 Å². The highest BCUT2D eigenvalue weighted by Gasteiger charge is 2.17. The van der Waals surface area contributed by atoms with Crippen LogP contribution < -0.4 is 5.73 Å². The lowest BCUT2D eigenvalue weighted by Gasteiger charge is -2.02. The smallest absolute Gasteiger partial charge is 0.551 e. The van der Waals surface area contributed by atoms with E-state index in [1.807, 2.05) is 6.07 Å². The predicted octanol–water partition coefficient (Wildman–Crippen LogP) is 1.20. The van der Waals surface area contributed by atoms with Gasteiger partial charge in [0.05, 0.1) is 5.69 Å². The first-order chi connectivity index (χ1) is 5.52. The van der Waals surface area contributed by atoms with Crippen molar-refractivity contribution in [2.75, 3.05) is 5.73 Å². The number of carbonyl (C=O) groups excluding carboxylic acids is 1. The largest absolute Gasteiger partial charge is 0.561 e. The third-order valence-corrected chi connectivity index (χ3v) is 2.05. The molecular weight excluding hydrogens is 222 g/mol. The van der Waals surface area contributed by atoms with Gasteiger partial charge >= 0.3 is 5.97 Å². The van der Waals surface area contributed by atoms with Crippen LogP contribution in [0.2, 0.25) is 0 Å². The minimum Gasteiger partial charge on any atom is -0.561 e. The third kappa shape index (κ3) is 1.58. The molecule has 0 aliphatic heterocycles. The Kier molecular flexibility index (Phi) is 2.38. The number of anilines is 1. The molecule has 3 nitrogen and oxygen atoms in total. The summed E-state index contributed by atoms with van der Waals surface area (Å²) in [4.78, 5) is 10.7. The van der Waals surface area contributed by atoms with Gasteiger partial charge < -0.3 is 10.8 Å². The van der Waals surface area contributed by atoms with Crippen molar-refractivity contribution in [3.63, 3.8) is 0 Å². The van der Waals surface area contributed by atoms with Gasteiger partial charge in [-0.05, 0) is 24.6 Å². The van der Waals surface area contributed by atoms with Crippen molar-refractivity contribution in [3.8, 4) is 0 Å². The molecule has 0 fully saturated rings.